The molecule has 0 N–H and O–H groups in total. The van der Waals surface area contributed by atoms with E-state index in [1.165, 1.54) is 0 Å². The molecular formula is H6AuF6. The van der Waals surface area contributed by atoms with E-state index >= 15 is 0 Å². The zero-order valence-electron chi connectivity index (χ0n) is 2.75. The first-order valence-corrected chi connectivity index (χ1v) is 0. The normalized spacial score (nSPS) is 0. The minimum absolute atomic E-state index is 0. The summed E-state index contributed by atoms with van der Waals surface area (Å²) in [5.41, 5.74) is 0. The van der Waals surface area contributed by atoms with E-state index in [4.69, 9.17) is 0 Å². The van der Waals surface area contributed by atoms with E-state index in [-0.39, 0.29) is 50.6 Å². The minimum atomic E-state index is 0. The van der Waals surface area contributed by atoms with Gasteiger partial charge in [0.1, 0.15) is 0 Å². The van der Waals surface area contributed by atoms with E-state index in [0.717, 1.165) is 0 Å². The Kier molecular flexibility index (Phi) is 710000. The fraction of sp³-hybridized carbons (Fsp3) is 0. The molecule has 0 rings (SSSR count). The molecule has 7 heteroatoms. The van der Waals surface area contributed by atoms with E-state index in [9.17, 15) is 0 Å². The molecule has 0 fully saturated rings. The van der Waals surface area contributed by atoms with Gasteiger partial charge < -0.3 is 0 Å². The molecular weight excluding hydrogens is 311 g/mol. The molecule has 0 unspecified atom stereocenters. The van der Waals surface area contributed by atoms with Crippen LogP contribution in [0.2, 0.25) is 0 Å². The van der Waals surface area contributed by atoms with E-state index in [1.807, 2.05) is 0 Å². The molecule has 0 aromatic carbocycles. The van der Waals surface area contributed by atoms with Crippen molar-refractivity contribution >= 4 is 0 Å². The van der Waals surface area contributed by atoms with Crippen LogP contribution in [0.4, 0.5) is 28.2 Å². The maximum atomic E-state index is 0. The Morgan fingerprint density at radius 2 is 0.286 bits per heavy atom. The van der Waals surface area contributed by atoms with E-state index < -0.39 is 0 Å². The zero-order chi connectivity index (χ0) is 0. The Balaban J connectivity index is 0. The summed E-state index contributed by atoms with van der Waals surface area (Å²) in [6, 6.07) is 0. The molecule has 0 aliphatic rings. The molecule has 0 saturated heterocycles. The van der Waals surface area contributed by atoms with Crippen molar-refractivity contribution in [3.63, 3.8) is 0 Å². The molecule has 7 heavy (non-hydrogen) atoms. The summed E-state index contributed by atoms with van der Waals surface area (Å²) in [6.45, 7) is 0. The molecule has 0 aromatic rings. The first-order valence-electron chi connectivity index (χ1n) is 0. The van der Waals surface area contributed by atoms with Crippen molar-refractivity contribution in [2.24, 2.45) is 0 Å². The predicted octanol–water partition coefficient (Wildman–Crippen LogP) is 0.912. The van der Waals surface area contributed by atoms with Crippen LogP contribution >= 0.6 is 0 Å². The minimum Gasteiger partial charge on any atom is -0.269 e. The molecule has 1 radical (unpaired) electrons. The first-order chi connectivity index (χ1) is 0. The Hall–Kier alpha value is 0.320. The quantitative estimate of drug-likeness (QED) is 0.460. The fourth-order valence-electron chi connectivity index (χ4n) is 0. The van der Waals surface area contributed by atoms with Crippen LogP contribution in [0.25, 0.3) is 0 Å². The van der Waals surface area contributed by atoms with Gasteiger partial charge in [0.2, 0.25) is 0 Å². The standard InChI is InChI=1S/Au.6FH/h;6*1H. The fourth-order valence-corrected chi connectivity index (χ4v) is 0. The van der Waals surface area contributed by atoms with Gasteiger partial charge in [0.05, 0.1) is 0 Å². The first kappa shape index (κ1) is 2850. The van der Waals surface area contributed by atoms with Gasteiger partial charge in [0, 0.05) is 22.4 Å². The number of hydrogen-bond acceptors (Lipinski definition) is 0. The van der Waals surface area contributed by atoms with Gasteiger partial charge >= 0.3 is 0 Å². The second kappa shape index (κ2) is 1740. The van der Waals surface area contributed by atoms with Crippen LogP contribution < -0.4 is 0 Å². The molecule has 0 aromatic heterocycles. The molecule has 0 amide bonds. The van der Waals surface area contributed by atoms with E-state index in [1.54, 1.807) is 0 Å². The second-order valence-corrected chi connectivity index (χ2v) is 0. The van der Waals surface area contributed by atoms with Crippen LogP contribution in [0.3, 0.4) is 0 Å². The smallest absolute Gasteiger partial charge is 0 e. The van der Waals surface area contributed by atoms with Gasteiger partial charge in [0.15, 0.2) is 0 Å². The monoisotopic (exact) mass is 317 g/mol. The molecule has 0 heterocycles. The number of hydrogen-bond donors (Lipinski definition) is 0. The third-order valence-electron chi connectivity index (χ3n) is 0. The van der Waals surface area contributed by atoms with Crippen LogP contribution in [0, 0.1) is 0 Å². The molecule has 0 atom stereocenters. The molecule has 0 aliphatic heterocycles. The van der Waals surface area contributed by atoms with Gasteiger partial charge in [-0.3, -0.25) is 28.2 Å². The van der Waals surface area contributed by atoms with Crippen molar-refractivity contribution in [3.05, 3.63) is 0 Å². The summed E-state index contributed by atoms with van der Waals surface area (Å²) in [5, 5.41) is 0. The van der Waals surface area contributed by atoms with Crippen molar-refractivity contribution < 1.29 is 50.6 Å². The summed E-state index contributed by atoms with van der Waals surface area (Å²) in [6.07, 6.45) is 0. The van der Waals surface area contributed by atoms with E-state index in [2.05, 4.69) is 0 Å². The van der Waals surface area contributed by atoms with Crippen LogP contribution in [0.1, 0.15) is 0 Å². The molecule has 0 spiro atoms. The maximum absolute atomic E-state index is 0. The largest absolute Gasteiger partial charge is 0.269 e. The van der Waals surface area contributed by atoms with Crippen molar-refractivity contribution in [1.29, 1.82) is 0 Å². The zero-order valence-corrected chi connectivity index (χ0v) is 4.92. The molecule has 59 valence electrons. The molecule has 0 nitrogen and oxygen atoms in total. The summed E-state index contributed by atoms with van der Waals surface area (Å²) in [5.74, 6) is 0. The topological polar surface area (TPSA) is 0 Å². The third-order valence-corrected chi connectivity index (χ3v) is 0. The average molecular weight is 317 g/mol. The van der Waals surface area contributed by atoms with Crippen LogP contribution in [-0.4, -0.2) is 0 Å². The van der Waals surface area contributed by atoms with Crippen LogP contribution in [-0.2, 0) is 22.4 Å². The second-order valence-electron chi connectivity index (χ2n) is 0. The Morgan fingerprint density at radius 3 is 0.286 bits per heavy atom. The SMILES string of the molecule is F.F.F.F.F.F.[Au]. The maximum Gasteiger partial charge on any atom is 0 e. The Bertz CT molecular complexity index is 4.14. The van der Waals surface area contributed by atoms with Gasteiger partial charge in [-0.15, -0.1) is 0 Å². The van der Waals surface area contributed by atoms with Gasteiger partial charge in [-0.05, 0) is 0 Å². The van der Waals surface area contributed by atoms with Crippen LogP contribution in [0.15, 0.2) is 0 Å². The molecule has 0 saturated carbocycles. The van der Waals surface area contributed by atoms with Crippen molar-refractivity contribution in [2.45, 2.75) is 0 Å². The van der Waals surface area contributed by atoms with E-state index in [0.29, 0.717) is 0 Å². The predicted molar refractivity (Wildman–Crippen MR) is 15.0 cm³/mol. The summed E-state index contributed by atoms with van der Waals surface area (Å²) < 4.78 is 0. The average Bonchev–Trinajstić information content (AvgIpc) is 0. The molecule has 0 aliphatic carbocycles. The third kappa shape index (κ3) is 1150. The van der Waals surface area contributed by atoms with Crippen molar-refractivity contribution in [3.8, 4) is 0 Å². The summed E-state index contributed by atoms with van der Waals surface area (Å²) in [7, 11) is 0. The van der Waals surface area contributed by atoms with Crippen LogP contribution in [0.5, 0.6) is 0 Å². The van der Waals surface area contributed by atoms with Gasteiger partial charge in [-0.1, -0.05) is 0 Å². The summed E-state index contributed by atoms with van der Waals surface area (Å²) >= 11 is 0. The van der Waals surface area contributed by atoms with Gasteiger partial charge in [0.25, 0.3) is 0 Å². The Morgan fingerprint density at radius 1 is 0.286 bits per heavy atom. The number of halogens is 6. The molecule has 0 bridgehead atoms. The Labute approximate surface area is 51.4 Å². The van der Waals surface area contributed by atoms with Crippen molar-refractivity contribution in [2.75, 3.05) is 0 Å². The van der Waals surface area contributed by atoms with Gasteiger partial charge in [-0.25, -0.2) is 0 Å². The summed E-state index contributed by atoms with van der Waals surface area (Å²) in [4.78, 5) is 0. The number of rotatable bonds is 0. The van der Waals surface area contributed by atoms with Crippen molar-refractivity contribution in [1.82, 2.24) is 0 Å². The van der Waals surface area contributed by atoms with Gasteiger partial charge in [-0.2, -0.15) is 0 Å².